The number of rotatable bonds is 5. The number of aromatic nitrogens is 2. The second-order valence-corrected chi connectivity index (χ2v) is 6.01. The molecule has 7 heteroatoms. The van der Waals surface area contributed by atoms with Crippen molar-refractivity contribution in [2.24, 2.45) is 0 Å². The number of benzene rings is 1. The lowest BCUT2D eigenvalue weighted by atomic mass is 10.1. The Hall–Kier alpha value is -2.15. The van der Waals surface area contributed by atoms with E-state index >= 15 is 0 Å². The fourth-order valence-electron chi connectivity index (χ4n) is 1.82. The minimum absolute atomic E-state index is 0.0350. The van der Waals surface area contributed by atoms with Crippen LogP contribution in [0.5, 0.6) is 5.75 Å². The molecule has 1 heterocycles. The number of hydrogen-bond donors (Lipinski definition) is 3. The minimum Gasteiger partial charge on any atom is -0.508 e. The Morgan fingerprint density at radius 1 is 1.33 bits per heavy atom. The first-order valence-corrected chi connectivity index (χ1v) is 7.50. The number of carbonyl (C=O) groups excluding carboxylic acids is 1. The average molecular weight is 306 g/mol. The van der Waals surface area contributed by atoms with Gasteiger partial charge in [0.05, 0.1) is 0 Å². The van der Waals surface area contributed by atoms with Gasteiger partial charge < -0.3 is 10.4 Å². The summed E-state index contributed by atoms with van der Waals surface area (Å²) in [6.45, 7) is 3.78. The molecule has 0 bridgehead atoms. The molecule has 0 aliphatic carbocycles. The fourth-order valence-corrected chi connectivity index (χ4v) is 2.41. The molecule has 112 valence electrons. The van der Waals surface area contributed by atoms with Crippen molar-refractivity contribution in [3.63, 3.8) is 0 Å². The van der Waals surface area contributed by atoms with Gasteiger partial charge in [0.1, 0.15) is 10.8 Å². The van der Waals surface area contributed by atoms with E-state index in [-0.39, 0.29) is 17.8 Å². The lowest BCUT2D eigenvalue weighted by Gasteiger charge is -2.13. The van der Waals surface area contributed by atoms with Gasteiger partial charge in [-0.1, -0.05) is 23.5 Å². The summed E-state index contributed by atoms with van der Waals surface area (Å²) in [7, 11) is 0. The molecule has 1 aromatic heterocycles. The molecule has 3 N–H and O–H groups in total. The summed E-state index contributed by atoms with van der Waals surface area (Å²) < 4.78 is 0. The predicted octanol–water partition coefficient (Wildman–Crippen LogP) is 2.69. The lowest BCUT2D eigenvalue weighted by Crippen LogP contribution is -2.36. The van der Waals surface area contributed by atoms with Crippen LogP contribution in [0.15, 0.2) is 24.3 Å². The van der Waals surface area contributed by atoms with Gasteiger partial charge in [-0.2, -0.15) is 0 Å². The maximum atomic E-state index is 11.8. The van der Waals surface area contributed by atoms with Crippen LogP contribution in [0.3, 0.4) is 0 Å². The number of nitrogens with zero attached hydrogens (tertiary/aromatic N) is 2. The Morgan fingerprint density at radius 3 is 2.67 bits per heavy atom. The maximum absolute atomic E-state index is 11.8. The zero-order valence-electron chi connectivity index (χ0n) is 12.0. The lowest BCUT2D eigenvalue weighted by molar-refractivity contribution is 0.248. The monoisotopic (exact) mass is 306 g/mol. The Labute approximate surface area is 127 Å². The second kappa shape index (κ2) is 7.03. The number of aryl methyl sites for hydroxylation is 2. The smallest absolute Gasteiger partial charge is 0.321 e. The van der Waals surface area contributed by atoms with Crippen molar-refractivity contribution >= 4 is 22.5 Å². The molecule has 1 atom stereocenters. The second-order valence-electron chi connectivity index (χ2n) is 4.83. The molecule has 0 saturated heterocycles. The standard InChI is InChI=1S/C14H18N4O2S/c1-9(3-4-11-5-7-12(19)8-6-11)15-13(20)16-14-18-17-10(2)21-14/h5-9,19H,3-4H2,1-2H3,(H2,15,16,18,20). The third-order valence-corrected chi connectivity index (χ3v) is 3.68. The number of anilines is 1. The van der Waals surface area contributed by atoms with Crippen molar-refractivity contribution in [1.29, 1.82) is 0 Å². The number of urea groups is 1. The Morgan fingerprint density at radius 2 is 2.05 bits per heavy atom. The molecule has 0 spiro atoms. The topological polar surface area (TPSA) is 87.1 Å². The molecule has 0 fully saturated rings. The zero-order chi connectivity index (χ0) is 15.2. The highest BCUT2D eigenvalue weighted by Crippen LogP contribution is 2.14. The van der Waals surface area contributed by atoms with Gasteiger partial charge in [-0.05, 0) is 44.4 Å². The SMILES string of the molecule is Cc1nnc(NC(=O)NC(C)CCc2ccc(O)cc2)s1. The highest BCUT2D eigenvalue weighted by molar-refractivity contribution is 7.15. The van der Waals surface area contributed by atoms with Crippen LogP contribution in [0, 0.1) is 6.92 Å². The van der Waals surface area contributed by atoms with E-state index in [0.29, 0.717) is 5.13 Å². The van der Waals surface area contributed by atoms with E-state index in [1.54, 1.807) is 12.1 Å². The largest absolute Gasteiger partial charge is 0.508 e. The van der Waals surface area contributed by atoms with Gasteiger partial charge >= 0.3 is 6.03 Å². The van der Waals surface area contributed by atoms with E-state index in [9.17, 15) is 9.90 Å². The van der Waals surface area contributed by atoms with E-state index in [2.05, 4.69) is 20.8 Å². The molecule has 1 aromatic carbocycles. The van der Waals surface area contributed by atoms with E-state index in [1.807, 2.05) is 26.0 Å². The van der Waals surface area contributed by atoms with Crippen LogP contribution >= 0.6 is 11.3 Å². The Bertz CT molecular complexity index is 597. The van der Waals surface area contributed by atoms with Gasteiger partial charge in [0, 0.05) is 6.04 Å². The number of amides is 2. The van der Waals surface area contributed by atoms with Crippen molar-refractivity contribution in [2.75, 3.05) is 5.32 Å². The first kappa shape index (κ1) is 15.2. The number of phenolic OH excluding ortho intramolecular Hbond substituents is 1. The molecular formula is C14H18N4O2S. The molecule has 1 unspecified atom stereocenters. The zero-order valence-corrected chi connectivity index (χ0v) is 12.8. The third kappa shape index (κ3) is 5.03. The number of carbonyl (C=O) groups is 1. The van der Waals surface area contributed by atoms with Crippen molar-refractivity contribution < 1.29 is 9.90 Å². The molecule has 2 rings (SSSR count). The number of aromatic hydroxyl groups is 1. The van der Waals surface area contributed by atoms with Gasteiger partial charge in [0.15, 0.2) is 0 Å². The molecule has 21 heavy (non-hydrogen) atoms. The summed E-state index contributed by atoms with van der Waals surface area (Å²) in [5.74, 6) is 0.261. The van der Waals surface area contributed by atoms with Gasteiger partial charge in [-0.25, -0.2) is 4.79 Å². The van der Waals surface area contributed by atoms with E-state index in [1.165, 1.54) is 11.3 Å². The van der Waals surface area contributed by atoms with Gasteiger partial charge in [-0.3, -0.25) is 5.32 Å². The highest BCUT2D eigenvalue weighted by atomic mass is 32.1. The van der Waals surface area contributed by atoms with Crippen LogP contribution in [0.1, 0.15) is 23.9 Å². The van der Waals surface area contributed by atoms with Crippen LogP contribution < -0.4 is 10.6 Å². The summed E-state index contributed by atoms with van der Waals surface area (Å²) >= 11 is 1.34. The quantitative estimate of drug-likeness (QED) is 0.792. The normalized spacial score (nSPS) is 11.9. The van der Waals surface area contributed by atoms with Gasteiger partial charge in [0.2, 0.25) is 5.13 Å². The highest BCUT2D eigenvalue weighted by Gasteiger charge is 2.09. The molecule has 0 radical (unpaired) electrons. The third-order valence-electron chi connectivity index (χ3n) is 2.93. The molecule has 0 aliphatic heterocycles. The van der Waals surface area contributed by atoms with Gasteiger partial charge in [-0.15, -0.1) is 10.2 Å². The summed E-state index contributed by atoms with van der Waals surface area (Å²) in [6.07, 6.45) is 1.65. The van der Waals surface area contributed by atoms with Crippen molar-refractivity contribution in [3.8, 4) is 5.75 Å². The molecule has 6 nitrogen and oxygen atoms in total. The summed E-state index contributed by atoms with van der Waals surface area (Å²) in [5, 5.41) is 23.7. The number of phenols is 1. The summed E-state index contributed by atoms with van der Waals surface area (Å²) in [5.41, 5.74) is 1.13. The van der Waals surface area contributed by atoms with Crippen LogP contribution in [0.2, 0.25) is 0 Å². The minimum atomic E-state index is -0.274. The van der Waals surface area contributed by atoms with Crippen molar-refractivity contribution in [2.45, 2.75) is 32.7 Å². The number of hydrogen-bond acceptors (Lipinski definition) is 5. The van der Waals surface area contributed by atoms with Crippen LogP contribution in [-0.2, 0) is 6.42 Å². The summed E-state index contributed by atoms with van der Waals surface area (Å²) in [4.78, 5) is 11.8. The first-order valence-electron chi connectivity index (χ1n) is 6.68. The van der Waals surface area contributed by atoms with E-state index in [0.717, 1.165) is 23.4 Å². The van der Waals surface area contributed by atoms with Crippen molar-refractivity contribution in [3.05, 3.63) is 34.8 Å². The summed E-state index contributed by atoms with van der Waals surface area (Å²) in [6, 6.07) is 6.85. The van der Waals surface area contributed by atoms with Crippen LogP contribution in [0.25, 0.3) is 0 Å². The van der Waals surface area contributed by atoms with Gasteiger partial charge in [0.25, 0.3) is 0 Å². The Kier molecular flexibility index (Phi) is 5.10. The average Bonchev–Trinajstić information content (AvgIpc) is 2.83. The van der Waals surface area contributed by atoms with Crippen LogP contribution in [0.4, 0.5) is 9.93 Å². The van der Waals surface area contributed by atoms with E-state index < -0.39 is 0 Å². The molecular weight excluding hydrogens is 288 g/mol. The molecule has 0 aliphatic rings. The first-order chi connectivity index (χ1) is 10.0. The molecule has 2 amide bonds. The number of nitrogens with one attached hydrogen (secondary N) is 2. The van der Waals surface area contributed by atoms with Crippen LogP contribution in [-0.4, -0.2) is 27.4 Å². The molecule has 2 aromatic rings. The van der Waals surface area contributed by atoms with E-state index in [4.69, 9.17) is 0 Å². The Balaban J connectivity index is 1.74. The predicted molar refractivity (Wildman–Crippen MR) is 82.7 cm³/mol. The fraction of sp³-hybridized carbons (Fsp3) is 0.357. The maximum Gasteiger partial charge on any atom is 0.321 e. The van der Waals surface area contributed by atoms with Crippen molar-refractivity contribution in [1.82, 2.24) is 15.5 Å². The molecule has 0 saturated carbocycles.